The van der Waals surface area contributed by atoms with Crippen molar-refractivity contribution in [3.05, 3.63) is 98.6 Å². The molecule has 34 heavy (non-hydrogen) atoms. The zero-order valence-corrected chi connectivity index (χ0v) is 17.7. The van der Waals surface area contributed by atoms with Crippen LogP contribution in [0.15, 0.2) is 72.8 Å². The highest BCUT2D eigenvalue weighted by Gasteiger charge is 2.11. The minimum Gasteiger partial charge on any atom is -0.461 e. The Kier molecular flexibility index (Phi) is 7.84. The van der Waals surface area contributed by atoms with Gasteiger partial charge in [0.05, 0.1) is 16.3 Å². The van der Waals surface area contributed by atoms with Gasteiger partial charge in [-0.25, -0.2) is 0 Å². The van der Waals surface area contributed by atoms with Gasteiger partial charge in [0.1, 0.15) is 18.1 Å². The Labute approximate surface area is 193 Å². The average molecular weight is 465 g/mol. The van der Waals surface area contributed by atoms with Crippen molar-refractivity contribution < 1.29 is 28.9 Å². The van der Waals surface area contributed by atoms with Gasteiger partial charge in [-0.15, -0.1) is 0 Å². The van der Waals surface area contributed by atoms with Crippen LogP contribution in [0.3, 0.4) is 0 Å². The molecule has 0 unspecified atom stereocenters. The molecule has 1 amide bonds. The molecule has 0 fully saturated rings. The van der Waals surface area contributed by atoms with E-state index in [1.165, 1.54) is 48.5 Å². The smallest absolute Gasteiger partial charge is 0.306 e. The fourth-order valence-corrected chi connectivity index (χ4v) is 2.81. The summed E-state index contributed by atoms with van der Waals surface area (Å²) in [6.45, 7) is -0.0275. The normalized spacial score (nSPS) is 10.2. The van der Waals surface area contributed by atoms with Crippen molar-refractivity contribution in [3.63, 3.8) is 0 Å². The number of anilines is 1. The summed E-state index contributed by atoms with van der Waals surface area (Å²) in [5, 5.41) is 23.9. The monoisotopic (exact) mass is 465 g/mol. The molecule has 0 spiro atoms. The largest absolute Gasteiger partial charge is 0.461 e. The van der Waals surface area contributed by atoms with Gasteiger partial charge in [-0.3, -0.25) is 29.8 Å². The van der Waals surface area contributed by atoms with Gasteiger partial charge in [0.15, 0.2) is 0 Å². The van der Waals surface area contributed by atoms with E-state index in [0.717, 1.165) is 0 Å². The Morgan fingerprint density at radius 2 is 1.41 bits per heavy atom. The second-order valence-electron chi connectivity index (χ2n) is 7.01. The van der Waals surface area contributed by atoms with Gasteiger partial charge in [0.2, 0.25) is 5.91 Å². The maximum atomic E-state index is 12.0. The van der Waals surface area contributed by atoms with E-state index in [4.69, 9.17) is 9.47 Å². The zero-order valence-electron chi connectivity index (χ0n) is 17.7. The average Bonchev–Trinajstić information content (AvgIpc) is 2.82. The molecule has 0 radical (unpaired) electrons. The summed E-state index contributed by atoms with van der Waals surface area (Å²) in [7, 11) is 0. The van der Waals surface area contributed by atoms with E-state index in [2.05, 4.69) is 5.32 Å². The lowest BCUT2D eigenvalue weighted by Crippen LogP contribution is -2.14. The predicted molar refractivity (Wildman–Crippen MR) is 120 cm³/mol. The molecule has 0 bridgehead atoms. The highest BCUT2D eigenvalue weighted by atomic mass is 16.6. The molecule has 174 valence electrons. The molecule has 11 heteroatoms. The van der Waals surface area contributed by atoms with Crippen LogP contribution in [0.25, 0.3) is 0 Å². The Morgan fingerprint density at radius 3 is 2.03 bits per heavy atom. The van der Waals surface area contributed by atoms with Crippen LogP contribution < -0.4 is 10.1 Å². The van der Waals surface area contributed by atoms with Gasteiger partial charge in [-0.05, 0) is 42.0 Å². The van der Waals surface area contributed by atoms with E-state index in [1.54, 1.807) is 24.3 Å². The van der Waals surface area contributed by atoms with Crippen LogP contribution in [-0.2, 0) is 20.9 Å². The number of carbonyl (C=O) groups excluding carboxylic acids is 2. The molecule has 3 aromatic carbocycles. The first-order valence-corrected chi connectivity index (χ1v) is 10.0. The fraction of sp³-hybridized carbons (Fsp3) is 0.130. The molecule has 3 aromatic rings. The number of carbonyl (C=O) groups is 2. The van der Waals surface area contributed by atoms with Crippen molar-refractivity contribution in [2.45, 2.75) is 19.4 Å². The van der Waals surface area contributed by atoms with Gasteiger partial charge in [-0.2, -0.15) is 0 Å². The number of nitro benzene ring substituents is 2. The third-order valence-corrected chi connectivity index (χ3v) is 4.50. The topological polar surface area (TPSA) is 151 Å². The number of rotatable bonds is 10. The summed E-state index contributed by atoms with van der Waals surface area (Å²) < 4.78 is 10.9. The molecule has 0 aliphatic carbocycles. The van der Waals surface area contributed by atoms with Gasteiger partial charge < -0.3 is 14.8 Å². The first-order chi connectivity index (χ1) is 16.3. The number of hydrogen-bond donors (Lipinski definition) is 1. The molecule has 0 saturated carbocycles. The highest BCUT2D eigenvalue weighted by Crippen LogP contribution is 2.25. The Balaban J connectivity index is 1.44. The molecule has 0 aliphatic heterocycles. The van der Waals surface area contributed by atoms with Crippen molar-refractivity contribution in [1.82, 2.24) is 0 Å². The lowest BCUT2D eigenvalue weighted by molar-refractivity contribution is -0.385. The fourth-order valence-electron chi connectivity index (χ4n) is 2.81. The minimum atomic E-state index is -0.569. The number of nitrogens with one attached hydrogen (secondary N) is 1. The molecular formula is C23H19N3O8. The number of esters is 1. The number of non-ortho nitro benzene ring substituents is 2. The highest BCUT2D eigenvalue weighted by molar-refractivity contribution is 5.92. The van der Waals surface area contributed by atoms with Crippen LogP contribution in [-0.4, -0.2) is 21.7 Å². The summed E-state index contributed by atoms with van der Waals surface area (Å²) in [4.78, 5) is 44.3. The molecule has 11 nitrogen and oxygen atoms in total. The van der Waals surface area contributed by atoms with Crippen LogP contribution in [0.5, 0.6) is 11.5 Å². The number of hydrogen-bond acceptors (Lipinski definition) is 8. The van der Waals surface area contributed by atoms with Crippen molar-refractivity contribution in [2.24, 2.45) is 0 Å². The summed E-state index contributed by atoms with van der Waals surface area (Å²) in [5.41, 5.74) is 0.898. The minimum absolute atomic E-state index is 0.0275. The van der Waals surface area contributed by atoms with Crippen molar-refractivity contribution in [2.75, 3.05) is 5.32 Å². The SMILES string of the molecule is O=C(CCC(=O)OCc1cccc(Oc2ccc([N+](=O)[O-])cc2)c1)Nc1ccc([N+](=O)[O-])cc1. The van der Waals surface area contributed by atoms with E-state index in [1.807, 2.05) is 0 Å². The maximum absolute atomic E-state index is 12.0. The number of nitrogens with zero attached hydrogens (tertiary/aromatic N) is 2. The van der Waals surface area contributed by atoms with Crippen molar-refractivity contribution in [1.29, 1.82) is 0 Å². The Morgan fingerprint density at radius 1 is 0.794 bits per heavy atom. The predicted octanol–water partition coefficient (Wildman–Crippen LogP) is 4.76. The van der Waals surface area contributed by atoms with Gasteiger partial charge in [-0.1, -0.05) is 12.1 Å². The van der Waals surface area contributed by atoms with Crippen LogP contribution in [0.2, 0.25) is 0 Å². The first-order valence-electron chi connectivity index (χ1n) is 10.0. The van der Waals surface area contributed by atoms with E-state index < -0.39 is 21.7 Å². The van der Waals surface area contributed by atoms with Crippen molar-refractivity contribution >= 4 is 28.9 Å². The van der Waals surface area contributed by atoms with Crippen LogP contribution in [0.4, 0.5) is 17.1 Å². The molecule has 0 atom stereocenters. The maximum Gasteiger partial charge on any atom is 0.306 e. The molecule has 0 aromatic heterocycles. The molecule has 3 rings (SSSR count). The lowest BCUT2D eigenvalue weighted by atomic mass is 10.2. The summed E-state index contributed by atoms with van der Waals surface area (Å²) in [6.07, 6.45) is -0.253. The van der Waals surface area contributed by atoms with E-state index in [0.29, 0.717) is 22.7 Å². The van der Waals surface area contributed by atoms with E-state index in [9.17, 15) is 29.8 Å². The molecule has 0 saturated heterocycles. The van der Waals surface area contributed by atoms with Crippen molar-refractivity contribution in [3.8, 4) is 11.5 Å². The van der Waals surface area contributed by atoms with Crippen LogP contribution >= 0.6 is 0 Å². The zero-order chi connectivity index (χ0) is 24.5. The summed E-state index contributed by atoms with van der Waals surface area (Å²) in [6, 6.07) is 17.8. The van der Waals surface area contributed by atoms with Gasteiger partial charge in [0.25, 0.3) is 11.4 Å². The van der Waals surface area contributed by atoms with E-state index >= 15 is 0 Å². The number of nitro groups is 2. The molecule has 0 heterocycles. The van der Waals surface area contributed by atoms with Crippen LogP contribution in [0.1, 0.15) is 18.4 Å². The standard InChI is InChI=1S/C23H19N3O8/c27-22(24-17-4-6-18(7-5-17)25(29)30)12-13-23(28)33-15-16-2-1-3-21(14-16)34-20-10-8-19(9-11-20)26(31)32/h1-11,14H,12-13,15H2,(H,24,27). The quantitative estimate of drug-likeness (QED) is 0.256. The van der Waals surface area contributed by atoms with Crippen LogP contribution in [0, 0.1) is 20.2 Å². The Bertz CT molecular complexity index is 1190. The molecular weight excluding hydrogens is 446 g/mol. The number of amides is 1. The number of benzene rings is 3. The third kappa shape index (κ3) is 7.12. The third-order valence-electron chi connectivity index (χ3n) is 4.50. The van der Waals surface area contributed by atoms with Gasteiger partial charge in [0, 0.05) is 36.4 Å². The first kappa shape index (κ1) is 23.9. The summed E-state index contributed by atoms with van der Waals surface area (Å²) >= 11 is 0. The lowest BCUT2D eigenvalue weighted by Gasteiger charge is -2.09. The second-order valence-corrected chi connectivity index (χ2v) is 7.01. The summed E-state index contributed by atoms with van der Waals surface area (Å²) in [5.74, 6) is -0.117. The van der Waals surface area contributed by atoms with E-state index in [-0.39, 0.29) is 30.8 Å². The number of ether oxygens (including phenoxy) is 2. The Hall–Kier alpha value is -4.80. The molecule has 0 aliphatic rings. The second kappa shape index (κ2) is 11.2. The molecule has 1 N–H and O–H groups in total. The van der Waals surface area contributed by atoms with Gasteiger partial charge >= 0.3 is 5.97 Å².